The first kappa shape index (κ1) is 12.4. The largest absolute Gasteiger partial charge is 0.481 e. The van der Waals surface area contributed by atoms with Gasteiger partial charge in [-0.2, -0.15) is 0 Å². The molecule has 0 spiro atoms. The number of aliphatic carboxylic acids is 1. The average Bonchev–Trinajstić information content (AvgIpc) is 2.27. The minimum Gasteiger partial charge on any atom is -0.481 e. The molecule has 4 nitrogen and oxygen atoms in total. The van der Waals surface area contributed by atoms with E-state index < -0.39 is 5.97 Å². The van der Waals surface area contributed by atoms with Crippen LogP contribution in [-0.2, 0) is 9.59 Å². The molecule has 0 bridgehead atoms. The Hall–Kier alpha value is -1.06. The fourth-order valence-corrected chi connectivity index (χ4v) is 2.99. The van der Waals surface area contributed by atoms with Gasteiger partial charge in [0.15, 0.2) is 0 Å². The van der Waals surface area contributed by atoms with Crippen molar-refractivity contribution in [3.63, 3.8) is 0 Å². The minimum atomic E-state index is -0.750. The number of amides is 1. The van der Waals surface area contributed by atoms with E-state index in [-0.39, 0.29) is 17.7 Å². The molecule has 2 rings (SSSR count). The monoisotopic (exact) mass is 239 g/mol. The fourth-order valence-electron chi connectivity index (χ4n) is 2.99. The second-order valence-corrected chi connectivity index (χ2v) is 5.68. The van der Waals surface area contributed by atoms with Crippen LogP contribution in [0.4, 0.5) is 0 Å². The van der Waals surface area contributed by atoms with E-state index in [0.29, 0.717) is 12.5 Å². The molecular formula is C13H21NO3. The maximum absolute atomic E-state index is 12.0. The fraction of sp³-hybridized carbons (Fsp3) is 0.846. The number of carboxylic acid groups (broad SMARTS) is 1. The molecule has 0 aromatic carbocycles. The summed E-state index contributed by atoms with van der Waals surface area (Å²) in [6.07, 6.45) is 5.08. The van der Waals surface area contributed by atoms with Gasteiger partial charge in [0, 0.05) is 12.0 Å². The highest BCUT2D eigenvalue weighted by Gasteiger charge is 2.33. The molecule has 0 aromatic heterocycles. The predicted molar refractivity (Wildman–Crippen MR) is 63.4 cm³/mol. The van der Waals surface area contributed by atoms with Gasteiger partial charge >= 0.3 is 5.97 Å². The normalized spacial score (nSPS) is 37.0. The third-order valence-electron chi connectivity index (χ3n) is 4.11. The quantitative estimate of drug-likeness (QED) is 0.789. The van der Waals surface area contributed by atoms with E-state index in [2.05, 4.69) is 12.2 Å². The zero-order valence-corrected chi connectivity index (χ0v) is 10.3. The van der Waals surface area contributed by atoms with Crippen molar-refractivity contribution in [3.05, 3.63) is 0 Å². The molecule has 0 saturated heterocycles. The standard InChI is InChI=1S/C13H21NO3/c1-8-5-11(6-8)14-12(15)9-3-2-4-10(7-9)13(16)17/h8-11H,2-7H2,1H3,(H,14,15)(H,16,17). The minimum absolute atomic E-state index is 0.0767. The Labute approximate surface area is 102 Å². The molecule has 2 atom stereocenters. The topological polar surface area (TPSA) is 66.4 Å². The van der Waals surface area contributed by atoms with Gasteiger partial charge < -0.3 is 10.4 Å². The van der Waals surface area contributed by atoms with Crippen molar-refractivity contribution in [2.24, 2.45) is 17.8 Å². The molecule has 0 aromatic rings. The van der Waals surface area contributed by atoms with Crippen molar-refractivity contribution < 1.29 is 14.7 Å². The lowest BCUT2D eigenvalue weighted by atomic mass is 9.79. The van der Waals surface area contributed by atoms with Gasteiger partial charge in [-0.05, 0) is 38.0 Å². The van der Waals surface area contributed by atoms with Gasteiger partial charge in [0.1, 0.15) is 0 Å². The molecule has 2 N–H and O–H groups in total. The van der Waals surface area contributed by atoms with Crippen LogP contribution < -0.4 is 5.32 Å². The van der Waals surface area contributed by atoms with E-state index in [4.69, 9.17) is 5.11 Å². The van der Waals surface area contributed by atoms with Crippen LogP contribution in [0.15, 0.2) is 0 Å². The number of hydrogen-bond acceptors (Lipinski definition) is 2. The zero-order chi connectivity index (χ0) is 12.4. The third kappa shape index (κ3) is 2.99. The van der Waals surface area contributed by atoms with Crippen molar-refractivity contribution in [1.82, 2.24) is 5.32 Å². The first-order chi connectivity index (χ1) is 8.06. The van der Waals surface area contributed by atoms with Crippen LogP contribution in [0.25, 0.3) is 0 Å². The third-order valence-corrected chi connectivity index (χ3v) is 4.11. The number of rotatable bonds is 3. The van der Waals surface area contributed by atoms with Crippen LogP contribution in [0.3, 0.4) is 0 Å². The summed E-state index contributed by atoms with van der Waals surface area (Å²) in [5.74, 6) is -0.355. The summed E-state index contributed by atoms with van der Waals surface area (Å²) < 4.78 is 0. The first-order valence-electron chi connectivity index (χ1n) is 6.59. The Bertz CT molecular complexity index is 310. The second-order valence-electron chi connectivity index (χ2n) is 5.68. The molecule has 0 heterocycles. The van der Waals surface area contributed by atoms with Gasteiger partial charge in [-0.15, -0.1) is 0 Å². The summed E-state index contributed by atoms with van der Waals surface area (Å²) in [6, 6.07) is 0.336. The van der Waals surface area contributed by atoms with E-state index in [9.17, 15) is 9.59 Å². The number of hydrogen-bond donors (Lipinski definition) is 2. The molecule has 2 saturated carbocycles. The van der Waals surface area contributed by atoms with Crippen LogP contribution in [0, 0.1) is 17.8 Å². The molecule has 96 valence electrons. The van der Waals surface area contributed by atoms with Gasteiger partial charge in [0.2, 0.25) is 5.91 Å². The average molecular weight is 239 g/mol. The highest BCUT2D eigenvalue weighted by Crippen LogP contribution is 2.31. The highest BCUT2D eigenvalue weighted by molar-refractivity contribution is 5.80. The van der Waals surface area contributed by atoms with E-state index in [1.165, 1.54) is 0 Å². The maximum atomic E-state index is 12.0. The van der Waals surface area contributed by atoms with Gasteiger partial charge in [-0.1, -0.05) is 13.3 Å². The predicted octanol–water partition coefficient (Wildman–Crippen LogP) is 1.79. The van der Waals surface area contributed by atoms with Crippen molar-refractivity contribution >= 4 is 11.9 Å². The van der Waals surface area contributed by atoms with Crippen LogP contribution in [-0.4, -0.2) is 23.0 Å². The summed E-state index contributed by atoms with van der Waals surface area (Å²) in [5.41, 5.74) is 0. The molecule has 0 aliphatic heterocycles. The van der Waals surface area contributed by atoms with E-state index in [1.54, 1.807) is 0 Å². The summed E-state index contributed by atoms with van der Waals surface area (Å²) in [5, 5.41) is 12.0. The number of nitrogens with one attached hydrogen (secondary N) is 1. The summed E-state index contributed by atoms with van der Waals surface area (Å²) in [6.45, 7) is 2.18. The molecule has 2 aliphatic rings. The Balaban J connectivity index is 1.80. The molecular weight excluding hydrogens is 218 g/mol. The lowest BCUT2D eigenvalue weighted by Crippen LogP contribution is -2.46. The molecule has 2 unspecified atom stereocenters. The van der Waals surface area contributed by atoms with Gasteiger partial charge in [-0.25, -0.2) is 0 Å². The molecule has 2 fully saturated rings. The molecule has 1 amide bonds. The Morgan fingerprint density at radius 1 is 1.12 bits per heavy atom. The summed E-state index contributed by atoms with van der Waals surface area (Å²) in [4.78, 5) is 22.9. The molecule has 4 heteroatoms. The van der Waals surface area contributed by atoms with Crippen molar-refractivity contribution in [3.8, 4) is 0 Å². The molecule has 2 aliphatic carbocycles. The van der Waals surface area contributed by atoms with Crippen LogP contribution >= 0.6 is 0 Å². The number of carboxylic acids is 1. The van der Waals surface area contributed by atoms with Crippen molar-refractivity contribution in [2.45, 2.75) is 51.5 Å². The van der Waals surface area contributed by atoms with E-state index in [1.807, 2.05) is 0 Å². The lowest BCUT2D eigenvalue weighted by Gasteiger charge is -2.35. The van der Waals surface area contributed by atoms with Crippen LogP contribution in [0.2, 0.25) is 0 Å². The van der Waals surface area contributed by atoms with Crippen LogP contribution in [0.1, 0.15) is 45.4 Å². The number of carbonyl (C=O) groups is 2. The smallest absolute Gasteiger partial charge is 0.306 e. The summed E-state index contributed by atoms with van der Waals surface area (Å²) in [7, 11) is 0. The highest BCUT2D eigenvalue weighted by atomic mass is 16.4. The van der Waals surface area contributed by atoms with Crippen molar-refractivity contribution in [2.75, 3.05) is 0 Å². The number of carbonyl (C=O) groups excluding carboxylic acids is 1. The first-order valence-corrected chi connectivity index (χ1v) is 6.59. The maximum Gasteiger partial charge on any atom is 0.306 e. The van der Waals surface area contributed by atoms with E-state index >= 15 is 0 Å². The molecule has 0 radical (unpaired) electrons. The van der Waals surface area contributed by atoms with Gasteiger partial charge in [-0.3, -0.25) is 9.59 Å². The van der Waals surface area contributed by atoms with Crippen molar-refractivity contribution in [1.29, 1.82) is 0 Å². The van der Waals surface area contributed by atoms with Crippen LogP contribution in [0.5, 0.6) is 0 Å². The Morgan fingerprint density at radius 2 is 1.76 bits per heavy atom. The lowest BCUT2D eigenvalue weighted by molar-refractivity contribution is -0.144. The summed E-state index contributed by atoms with van der Waals surface area (Å²) >= 11 is 0. The SMILES string of the molecule is CC1CC(NC(=O)C2CCCC(C(=O)O)C2)C1. The second kappa shape index (κ2) is 5.07. The van der Waals surface area contributed by atoms with E-state index in [0.717, 1.165) is 38.0 Å². The molecule has 17 heavy (non-hydrogen) atoms. The Kier molecular flexibility index (Phi) is 3.69. The zero-order valence-electron chi connectivity index (χ0n) is 10.3. The Morgan fingerprint density at radius 3 is 2.35 bits per heavy atom. The van der Waals surface area contributed by atoms with Gasteiger partial charge in [0.05, 0.1) is 5.92 Å². The van der Waals surface area contributed by atoms with Gasteiger partial charge in [0.25, 0.3) is 0 Å².